The highest BCUT2D eigenvalue weighted by Crippen LogP contribution is 2.23. The maximum absolute atomic E-state index is 13.1. The lowest BCUT2D eigenvalue weighted by atomic mass is 10.1. The first-order valence-electron chi connectivity index (χ1n) is 10.1. The maximum Gasteiger partial charge on any atom is 0.234 e. The molecule has 2 aromatic carbocycles. The molecule has 1 aliphatic rings. The number of hydrogen-bond acceptors (Lipinski definition) is 5. The number of aliphatic imine (C=N–C) groups is 1. The molecular weight excluding hydrogens is 374 g/mol. The Hall–Kier alpha value is -3.25. The standard InChI is InChI=1S/C24H30N5O/c1-6-24-25-15-16-29(24,26-17-19-7-11-21(12-8-19)27(2)3)18-23(30)20-9-13-22(14-10-20)28(4)5/h7-17H,6,18H2,1-5H3/q+1. The van der Waals surface area contributed by atoms with Crippen molar-refractivity contribution in [1.29, 1.82) is 0 Å². The van der Waals surface area contributed by atoms with Gasteiger partial charge in [-0.3, -0.25) is 4.79 Å². The number of anilines is 2. The molecule has 2 aromatic rings. The second-order valence-electron chi connectivity index (χ2n) is 7.78. The van der Waals surface area contributed by atoms with Gasteiger partial charge in [-0.1, -0.05) is 24.2 Å². The van der Waals surface area contributed by atoms with Crippen LogP contribution in [0.1, 0.15) is 29.3 Å². The molecule has 0 radical (unpaired) electrons. The van der Waals surface area contributed by atoms with Crippen LogP contribution < -0.4 is 9.80 Å². The summed E-state index contributed by atoms with van der Waals surface area (Å²) in [4.78, 5) is 21.6. The Morgan fingerprint density at radius 1 is 0.967 bits per heavy atom. The Balaban J connectivity index is 1.84. The maximum atomic E-state index is 13.1. The zero-order valence-corrected chi connectivity index (χ0v) is 18.4. The normalized spacial score (nSPS) is 18.0. The molecule has 6 nitrogen and oxygen atoms in total. The van der Waals surface area contributed by atoms with E-state index in [4.69, 9.17) is 5.10 Å². The van der Waals surface area contributed by atoms with Crippen LogP contribution in [0.15, 0.2) is 71.0 Å². The van der Waals surface area contributed by atoms with Crippen LogP contribution in [-0.4, -0.2) is 57.2 Å². The van der Waals surface area contributed by atoms with Gasteiger partial charge in [-0.2, -0.15) is 0 Å². The summed E-state index contributed by atoms with van der Waals surface area (Å²) in [5.74, 6) is 0.891. The lowest BCUT2D eigenvalue weighted by Crippen LogP contribution is -2.45. The van der Waals surface area contributed by atoms with Crippen molar-refractivity contribution >= 4 is 29.2 Å². The van der Waals surface area contributed by atoms with Gasteiger partial charge in [0.2, 0.25) is 11.6 Å². The summed E-state index contributed by atoms with van der Waals surface area (Å²) in [7, 11) is 7.99. The Morgan fingerprint density at radius 3 is 2.07 bits per heavy atom. The summed E-state index contributed by atoms with van der Waals surface area (Å²) in [6, 6.07) is 15.8. The molecule has 1 heterocycles. The number of carbonyl (C=O) groups is 1. The summed E-state index contributed by atoms with van der Waals surface area (Å²) < 4.78 is 0.0835. The van der Waals surface area contributed by atoms with E-state index in [1.165, 1.54) is 0 Å². The first kappa shape index (κ1) is 21.5. The molecule has 30 heavy (non-hydrogen) atoms. The van der Waals surface area contributed by atoms with E-state index in [0.717, 1.165) is 29.2 Å². The van der Waals surface area contributed by atoms with Gasteiger partial charge in [0.1, 0.15) is 6.20 Å². The molecule has 0 amide bonds. The van der Waals surface area contributed by atoms with E-state index < -0.39 is 0 Å². The molecule has 0 aliphatic carbocycles. The van der Waals surface area contributed by atoms with Crippen LogP contribution in [0.4, 0.5) is 11.4 Å². The van der Waals surface area contributed by atoms with Gasteiger partial charge < -0.3 is 9.80 Å². The Morgan fingerprint density at radius 2 is 1.53 bits per heavy atom. The van der Waals surface area contributed by atoms with E-state index in [1.807, 2.05) is 88.8 Å². The molecule has 0 saturated carbocycles. The Bertz CT molecular complexity index is 972. The first-order valence-corrected chi connectivity index (χ1v) is 10.1. The van der Waals surface area contributed by atoms with E-state index >= 15 is 0 Å². The van der Waals surface area contributed by atoms with Crippen molar-refractivity contribution in [2.75, 3.05) is 44.5 Å². The van der Waals surface area contributed by atoms with Gasteiger partial charge >= 0.3 is 0 Å². The first-order chi connectivity index (χ1) is 14.3. The fourth-order valence-corrected chi connectivity index (χ4v) is 3.35. The molecule has 1 unspecified atom stereocenters. The molecule has 1 aliphatic heterocycles. The van der Waals surface area contributed by atoms with Crippen LogP contribution >= 0.6 is 0 Å². The van der Waals surface area contributed by atoms with Crippen LogP contribution in [0.3, 0.4) is 0 Å². The van der Waals surface area contributed by atoms with Gasteiger partial charge in [-0.15, -0.1) is 4.59 Å². The smallest absolute Gasteiger partial charge is 0.234 e. The monoisotopic (exact) mass is 404 g/mol. The predicted octanol–water partition coefficient (Wildman–Crippen LogP) is 4.15. The quantitative estimate of drug-likeness (QED) is 0.377. The molecule has 0 saturated heterocycles. The van der Waals surface area contributed by atoms with E-state index in [0.29, 0.717) is 5.56 Å². The highest BCUT2D eigenvalue weighted by molar-refractivity contribution is 5.98. The lowest BCUT2D eigenvalue weighted by Gasteiger charge is -2.24. The summed E-state index contributed by atoms with van der Waals surface area (Å²) in [6.45, 7) is 2.24. The van der Waals surface area contributed by atoms with Crippen LogP contribution in [-0.2, 0) is 0 Å². The Kier molecular flexibility index (Phi) is 6.47. The number of ketones is 1. The largest absolute Gasteiger partial charge is 0.378 e. The molecule has 1 atom stereocenters. The summed E-state index contributed by atoms with van der Waals surface area (Å²) >= 11 is 0. The molecule has 0 aromatic heterocycles. The molecule has 0 fully saturated rings. The van der Waals surface area contributed by atoms with Crippen molar-refractivity contribution in [2.24, 2.45) is 10.1 Å². The summed E-state index contributed by atoms with van der Waals surface area (Å²) in [5, 5.41) is 4.82. The second-order valence-corrected chi connectivity index (χ2v) is 7.78. The molecule has 156 valence electrons. The third kappa shape index (κ3) is 4.66. The number of carbonyl (C=O) groups excluding carboxylic acids is 1. The molecule has 3 rings (SSSR count). The van der Waals surface area contributed by atoms with E-state index in [2.05, 4.69) is 22.0 Å². The minimum atomic E-state index is 0.0353. The van der Waals surface area contributed by atoms with Crippen molar-refractivity contribution in [3.63, 3.8) is 0 Å². The van der Waals surface area contributed by atoms with Crippen LogP contribution in [0.2, 0.25) is 0 Å². The predicted molar refractivity (Wildman–Crippen MR) is 125 cm³/mol. The molecular formula is C24H30N5O+. The summed E-state index contributed by atoms with van der Waals surface area (Å²) in [5.41, 5.74) is 3.85. The zero-order chi connectivity index (χ0) is 21.7. The van der Waals surface area contributed by atoms with Crippen LogP contribution in [0, 0.1) is 0 Å². The molecule has 0 spiro atoms. The topological polar surface area (TPSA) is 48.3 Å². The van der Waals surface area contributed by atoms with Gasteiger partial charge in [-0.25, -0.2) is 4.99 Å². The summed E-state index contributed by atoms with van der Waals surface area (Å²) in [6.07, 6.45) is 6.17. The number of Topliss-reactive ketones (excluding diaryl/α,β-unsaturated/α-hetero) is 1. The van der Waals surface area contributed by atoms with Crippen molar-refractivity contribution in [1.82, 2.24) is 0 Å². The highest BCUT2D eigenvalue weighted by atomic mass is 16.1. The molecule has 0 bridgehead atoms. The number of hydrogen-bond donors (Lipinski definition) is 0. The van der Waals surface area contributed by atoms with Crippen molar-refractivity contribution in [3.8, 4) is 0 Å². The minimum Gasteiger partial charge on any atom is -0.378 e. The SMILES string of the molecule is CCC1=NC=C[N+]1(CC(=O)c1ccc(N(C)C)cc1)N=Cc1ccc(N(C)C)cc1. The molecule has 0 N–H and O–H groups in total. The average molecular weight is 405 g/mol. The average Bonchev–Trinajstić information content (AvgIpc) is 3.15. The fraction of sp³-hybridized carbons (Fsp3) is 0.292. The third-order valence-electron chi connectivity index (χ3n) is 5.21. The number of rotatable bonds is 8. The van der Waals surface area contributed by atoms with Crippen LogP contribution in [0.5, 0.6) is 0 Å². The minimum absolute atomic E-state index is 0.0353. The van der Waals surface area contributed by atoms with E-state index in [1.54, 1.807) is 6.20 Å². The van der Waals surface area contributed by atoms with E-state index in [-0.39, 0.29) is 16.9 Å². The van der Waals surface area contributed by atoms with Crippen molar-refractivity contribution < 1.29 is 9.39 Å². The number of amidine groups is 1. The van der Waals surface area contributed by atoms with E-state index in [9.17, 15) is 4.79 Å². The van der Waals surface area contributed by atoms with Gasteiger partial charge in [0, 0.05) is 51.5 Å². The van der Waals surface area contributed by atoms with Crippen LogP contribution in [0.25, 0.3) is 0 Å². The van der Waals surface area contributed by atoms with Gasteiger partial charge in [0.15, 0.2) is 6.54 Å². The third-order valence-corrected chi connectivity index (χ3v) is 5.21. The Labute approximate surface area is 179 Å². The second kappa shape index (κ2) is 9.05. The molecule has 6 heteroatoms. The number of nitrogens with zero attached hydrogens (tertiary/aromatic N) is 5. The highest BCUT2D eigenvalue weighted by Gasteiger charge is 2.37. The van der Waals surface area contributed by atoms with Gasteiger partial charge in [-0.05, 0) is 42.0 Å². The van der Waals surface area contributed by atoms with Gasteiger partial charge in [0.25, 0.3) is 0 Å². The van der Waals surface area contributed by atoms with Crippen molar-refractivity contribution in [3.05, 3.63) is 72.1 Å². The zero-order valence-electron chi connectivity index (χ0n) is 18.4. The van der Waals surface area contributed by atoms with Gasteiger partial charge in [0.05, 0.1) is 12.4 Å². The number of benzene rings is 2. The fourth-order valence-electron chi connectivity index (χ4n) is 3.35. The van der Waals surface area contributed by atoms with Crippen molar-refractivity contribution in [2.45, 2.75) is 13.3 Å². The lowest BCUT2D eigenvalue weighted by molar-refractivity contribution is -0.784. The number of quaternary nitrogens is 1.